The van der Waals surface area contributed by atoms with Gasteiger partial charge in [0.25, 0.3) is 0 Å². The summed E-state index contributed by atoms with van der Waals surface area (Å²) in [6, 6.07) is 0. The summed E-state index contributed by atoms with van der Waals surface area (Å²) in [5, 5.41) is 5.97. The van der Waals surface area contributed by atoms with E-state index in [4.69, 9.17) is 9.47 Å². The van der Waals surface area contributed by atoms with Crippen LogP contribution in [0.3, 0.4) is 0 Å². The fourth-order valence-electron chi connectivity index (χ4n) is 1.18. The van der Waals surface area contributed by atoms with Crippen molar-refractivity contribution < 1.29 is 14.3 Å². The van der Waals surface area contributed by atoms with Crippen molar-refractivity contribution in [1.29, 1.82) is 0 Å². The van der Waals surface area contributed by atoms with Gasteiger partial charge in [-0.15, -0.1) is 0 Å². The third kappa shape index (κ3) is 9.89. The molecule has 0 aliphatic rings. The summed E-state index contributed by atoms with van der Waals surface area (Å²) in [5.41, 5.74) is -0.464. The molecule has 0 aromatic heterocycles. The van der Waals surface area contributed by atoms with Crippen LogP contribution in [0.4, 0.5) is 0 Å². The SMILES string of the molecule is CN=C(NCCCOC)NCC(=O)OC(C)(C)C. The van der Waals surface area contributed by atoms with Crippen molar-refractivity contribution >= 4 is 11.9 Å². The van der Waals surface area contributed by atoms with E-state index < -0.39 is 5.60 Å². The van der Waals surface area contributed by atoms with Crippen molar-refractivity contribution in [2.45, 2.75) is 32.8 Å². The van der Waals surface area contributed by atoms with Gasteiger partial charge < -0.3 is 20.1 Å². The molecule has 0 radical (unpaired) electrons. The molecule has 0 fully saturated rings. The topological polar surface area (TPSA) is 72.0 Å². The van der Waals surface area contributed by atoms with Gasteiger partial charge in [-0.25, -0.2) is 0 Å². The van der Waals surface area contributed by atoms with Crippen molar-refractivity contribution in [3.63, 3.8) is 0 Å². The number of hydrogen-bond donors (Lipinski definition) is 2. The minimum Gasteiger partial charge on any atom is -0.459 e. The predicted octanol–water partition coefficient (Wildman–Crippen LogP) is 0.530. The van der Waals surface area contributed by atoms with Crippen LogP contribution in [0.2, 0.25) is 0 Å². The number of methoxy groups -OCH3 is 1. The molecule has 0 amide bonds. The van der Waals surface area contributed by atoms with Gasteiger partial charge in [0.1, 0.15) is 12.1 Å². The highest BCUT2D eigenvalue weighted by Crippen LogP contribution is 2.05. The first kappa shape index (κ1) is 16.7. The van der Waals surface area contributed by atoms with E-state index in [1.54, 1.807) is 14.2 Å². The lowest BCUT2D eigenvalue weighted by Crippen LogP contribution is -2.42. The molecule has 0 aromatic rings. The lowest BCUT2D eigenvalue weighted by atomic mass is 10.2. The second-order valence-electron chi connectivity index (χ2n) is 4.79. The third-order valence-corrected chi connectivity index (χ3v) is 1.86. The summed E-state index contributed by atoms with van der Waals surface area (Å²) in [5.74, 6) is 0.277. The zero-order valence-corrected chi connectivity index (χ0v) is 12.0. The van der Waals surface area contributed by atoms with Crippen LogP contribution in [0.25, 0.3) is 0 Å². The standard InChI is InChI=1S/C12H25N3O3/c1-12(2,3)18-10(16)9-15-11(13-4)14-7-6-8-17-5/h6-9H2,1-5H3,(H2,13,14,15). The van der Waals surface area contributed by atoms with Crippen molar-refractivity contribution in [2.24, 2.45) is 4.99 Å². The highest BCUT2D eigenvalue weighted by molar-refractivity contribution is 5.84. The van der Waals surface area contributed by atoms with E-state index in [-0.39, 0.29) is 12.5 Å². The Bertz CT molecular complexity index is 272. The van der Waals surface area contributed by atoms with Crippen LogP contribution in [0.5, 0.6) is 0 Å². The predicted molar refractivity (Wildman–Crippen MR) is 71.7 cm³/mol. The highest BCUT2D eigenvalue weighted by Gasteiger charge is 2.16. The molecule has 6 nitrogen and oxygen atoms in total. The molecule has 106 valence electrons. The lowest BCUT2D eigenvalue weighted by molar-refractivity contribution is -0.153. The first-order valence-corrected chi connectivity index (χ1v) is 6.04. The fourth-order valence-corrected chi connectivity index (χ4v) is 1.18. The number of carbonyl (C=O) groups is 1. The van der Waals surface area contributed by atoms with Crippen LogP contribution in [0, 0.1) is 0 Å². The van der Waals surface area contributed by atoms with Gasteiger partial charge in [-0.2, -0.15) is 0 Å². The summed E-state index contributed by atoms with van der Waals surface area (Å²) in [6.07, 6.45) is 0.879. The molecule has 0 aliphatic heterocycles. The molecular formula is C12H25N3O3. The van der Waals surface area contributed by atoms with Crippen molar-refractivity contribution in [3.05, 3.63) is 0 Å². The number of nitrogens with zero attached hydrogens (tertiary/aromatic N) is 1. The van der Waals surface area contributed by atoms with Gasteiger partial charge >= 0.3 is 5.97 Å². The Morgan fingerprint density at radius 3 is 2.44 bits per heavy atom. The number of carbonyl (C=O) groups excluding carboxylic acids is 1. The maximum absolute atomic E-state index is 11.5. The molecule has 18 heavy (non-hydrogen) atoms. The molecule has 0 spiro atoms. The zero-order valence-electron chi connectivity index (χ0n) is 12.0. The van der Waals surface area contributed by atoms with Crippen molar-refractivity contribution in [1.82, 2.24) is 10.6 Å². The van der Waals surface area contributed by atoms with Crippen LogP contribution < -0.4 is 10.6 Å². The first-order chi connectivity index (χ1) is 8.39. The van der Waals surface area contributed by atoms with Crippen LogP contribution in [-0.4, -0.2) is 51.4 Å². The van der Waals surface area contributed by atoms with Gasteiger partial charge in [-0.1, -0.05) is 0 Å². The monoisotopic (exact) mass is 259 g/mol. The molecule has 0 rings (SSSR count). The number of nitrogens with one attached hydrogen (secondary N) is 2. The van der Waals surface area contributed by atoms with Gasteiger partial charge in [-0.3, -0.25) is 9.79 Å². The van der Waals surface area contributed by atoms with E-state index in [1.165, 1.54) is 0 Å². The first-order valence-electron chi connectivity index (χ1n) is 6.04. The van der Waals surface area contributed by atoms with Gasteiger partial charge in [0.15, 0.2) is 5.96 Å². The summed E-state index contributed by atoms with van der Waals surface area (Å²) in [7, 11) is 3.32. The Morgan fingerprint density at radius 1 is 1.28 bits per heavy atom. The minimum atomic E-state index is -0.464. The molecule has 0 heterocycles. The average molecular weight is 259 g/mol. The Balaban J connectivity index is 3.84. The van der Waals surface area contributed by atoms with Crippen molar-refractivity contribution in [2.75, 3.05) is 33.9 Å². The molecular weight excluding hydrogens is 234 g/mol. The number of ether oxygens (including phenoxy) is 2. The highest BCUT2D eigenvalue weighted by atomic mass is 16.6. The largest absolute Gasteiger partial charge is 0.459 e. The minimum absolute atomic E-state index is 0.0984. The molecule has 0 bridgehead atoms. The van der Waals surface area contributed by atoms with Gasteiger partial charge in [-0.05, 0) is 27.2 Å². The number of aliphatic imine (C=N–C) groups is 1. The van der Waals surface area contributed by atoms with Gasteiger partial charge in [0.05, 0.1) is 0 Å². The molecule has 0 aromatic carbocycles. The van der Waals surface area contributed by atoms with Crippen LogP contribution in [-0.2, 0) is 14.3 Å². The van der Waals surface area contributed by atoms with E-state index in [1.807, 2.05) is 20.8 Å². The molecule has 6 heteroatoms. The van der Waals surface area contributed by atoms with Crippen LogP contribution in [0.1, 0.15) is 27.2 Å². The molecule has 0 unspecified atom stereocenters. The Hall–Kier alpha value is -1.30. The molecule has 0 atom stereocenters. The Morgan fingerprint density at radius 2 is 1.94 bits per heavy atom. The van der Waals surface area contributed by atoms with Gasteiger partial charge in [0, 0.05) is 27.3 Å². The van der Waals surface area contributed by atoms with E-state index in [2.05, 4.69) is 15.6 Å². The van der Waals surface area contributed by atoms with Gasteiger partial charge in [0.2, 0.25) is 0 Å². The molecule has 0 saturated carbocycles. The number of esters is 1. The molecule has 0 aliphatic carbocycles. The summed E-state index contributed by atoms with van der Waals surface area (Å²) in [4.78, 5) is 15.5. The Kier molecular flexibility index (Phi) is 8.11. The molecule has 0 saturated heterocycles. The van der Waals surface area contributed by atoms with E-state index >= 15 is 0 Å². The second kappa shape index (κ2) is 8.74. The van der Waals surface area contributed by atoms with E-state index in [0.29, 0.717) is 12.6 Å². The maximum Gasteiger partial charge on any atom is 0.325 e. The summed E-state index contributed by atoms with van der Waals surface area (Å²) in [6.45, 7) is 7.03. The normalized spacial score (nSPS) is 12.2. The maximum atomic E-state index is 11.5. The zero-order chi connectivity index (χ0) is 14.0. The van der Waals surface area contributed by atoms with E-state index in [9.17, 15) is 4.79 Å². The number of hydrogen-bond acceptors (Lipinski definition) is 4. The smallest absolute Gasteiger partial charge is 0.325 e. The summed E-state index contributed by atoms with van der Waals surface area (Å²) < 4.78 is 10.1. The Labute approximate surface area is 109 Å². The summed E-state index contributed by atoms with van der Waals surface area (Å²) >= 11 is 0. The fraction of sp³-hybridized carbons (Fsp3) is 0.833. The number of guanidine groups is 1. The van der Waals surface area contributed by atoms with Crippen LogP contribution in [0.15, 0.2) is 4.99 Å². The van der Waals surface area contributed by atoms with E-state index in [0.717, 1.165) is 13.0 Å². The lowest BCUT2D eigenvalue weighted by Gasteiger charge is -2.20. The third-order valence-electron chi connectivity index (χ3n) is 1.86. The van der Waals surface area contributed by atoms with Crippen LogP contribution >= 0.6 is 0 Å². The molecule has 2 N–H and O–H groups in total. The number of rotatable bonds is 6. The quantitative estimate of drug-likeness (QED) is 0.315. The van der Waals surface area contributed by atoms with Crippen molar-refractivity contribution in [3.8, 4) is 0 Å². The second-order valence-corrected chi connectivity index (χ2v) is 4.79. The average Bonchev–Trinajstić information content (AvgIpc) is 2.26.